The normalized spacial score (nSPS) is 39.4. The Hall–Kier alpha value is 0.177. The smallest absolute Gasteiger partial charge is 0.0750 e. The Morgan fingerprint density at radius 3 is 2.00 bits per heavy atom. The zero-order chi connectivity index (χ0) is 5.49. The maximum absolute atomic E-state index is 5.22. The number of ether oxygens (including phenoxy) is 1. The van der Waals surface area contributed by atoms with Gasteiger partial charge in [-0.25, -0.2) is 0 Å². The molecule has 1 aliphatic rings. The van der Waals surface area contributed by atoms with Crippen molar-refractivity contribution in [3.05, 3.63) is 0 Å². The molecule has 0 aliphatic carbocycles. The Labute approximate surface area is 46.3 Å². The lowest BCUT2D eigenvalue weighted by molar-refractivity contribution is 0.390. The first-order chi connectivity index (χ1) is 3.15. The topological polar surface area (TPSA) is 12.5 Å². The Kier molecular flexibility index (Phi) is 1.01. The van der Waals surface area contributed by atoms with Crippen LogP contribution in [0.1, 0.15) is 6.92 Å². The van der Waals surface area contributed by atoms with Crippen molar-refractivity contribution in [2.24, 2.45) is 0 Å². The molecule has 1 atom stereocenters. The molecule has 1 saturated heterocycles. The molecule has 1 aliphatic heterocycles. The quantitative estimate of drug-likeness (QED) is 0.365. The van der Waals surface area contributed by atoms with Gasteiger partial charge in [0.25, 0.3) is 0 Å². The fraction of sp³-hybridized carbons (Fsp3) is 1.00. The summed E-state index contributed by atoms with van der Waals surface area (Å²) in [6.45, 7) is 7.89. The van der Waals surface area contributed by atoms with E-state index in [0.29, 0.717) is 5.22 Å². The summed E-state index contributed by atoms with van der Waals surface area (Å²) in [4.78, 5) is 0. The fourth-order valence-corrected chi connectivity index (χ4v) is 1.20. The van der Waals surface area contributed by atoms with E-state index in [2.05, 4.69) is 20.0 Å². The lowest BCUT2D eigenvalue weighted by atomic mass is 10.6. The van der Waals surface area contributed by atoms with E-state index < -0.39 is 8.80 Å². The summed E-state index contributed by atoms with van der Waals surface area (Å²) in [7, 11) is -0.470. The van der Waals surface area contributed by atoms with Gasteiger partial charge in [-0.2, -0.15) is 0 Å². The summed E-state index contributed by atoms with van der Waals surface area (Å²) in [5.41, 5.74) is 0. The third-order valence-corrected chi connectivity index (χ3v) is 4.60. The van der Waals surface area contributed by atoms with Crippen molar-refractivity contribution in [3.63, 3.8) is 0 Å². The summed E-state index contributed by atoms with van der Waals surface area (Å²) in [6.07, 6.45) is 0. The molecule has 0 aromatic rings. The third-order valence-electron chi connectivity index (χ3n) is 1.82. The van der Waals surface area contributed by atoms with Crippen LogP contribution in [-0.4, -0.2) is 20.6 Å². The molecule has 1 unspecified atom stereocenters. The van der Waals surface area contributed by atoms with Gasteiger partial charge in [0.2, 0.25) is 0 Å². The highest BCUT2D eigenvalue weighted by atomic mass is 28.3. The minimum atomic E-state index is -0.470. The summed E-state index contributed by atoms with van der Waals surface area (Å²) in [5.74, 6) is 0. The van der Waals surface area contributed by atoms with Crippen LogP contribution in [0.2, 0.25) is 13.1 Å². The number of hydrogen-bond donors (Lipinski definition) is 0. The van der Waals surface area contributed by atoms with E-state index in [9.17, 15) is 0 Å². The molecule has 0 N–H and O–H groups in total. The van der Waals surface area contributed by atoms with Crippen LogP contribution in [0, 0.1) is 0 Å². The van der Waals surface area contributed by atoms with Crippen LogP contribution in [0.3, 0.4) is 0 Å². The van der Waals surface area contributed by atoms with Crippen LogP contribution >= 0.6 is 0 Å². The molecule has 0 bridgehead atoms. The standard InChI is InChI=1S/C5H12OSi/c1-5(4-6-5)7(2)3/h7H,4H2,1-3H3. The van der Waals surface area contributed by atoms with Crippen LogP contribution < -0.4 is 0 Å². The van der Waals surface area contributed by atoms with Gasteiger partial charge in [-0.15, -0.1) is 0 Å². The first kappa shape index (κ1) is 5.32. The van der Waals surface area contributed by atoms with Gasteiger partial charge in [-0.1, -0.05) is 13.1 Å². The van der Waals surface area contributed by atoms with E-state index in [-0.39, 0.29) is 0 Å². The average Bonchev–Trinajstić information content (AvgIpc) is 2.21. The molecule has 0 aromatic carbocycles. The van der Waals surface area contributed by atoms with Gasteiger partial charge in [0.15, 0.2) is 0 Å². The molecule has 1 rings (SSSR count). The largest absolute Gasteiger partial charge is 0.374 e. The van der Waals surface area contributed by atoms with Crippen LogP contribution in [-0.2, 0) is 4.74 Å². The van der Waals surface area contributed by atoms with Crippen molar-refractivity contribution < 1.29 is 4.74 Å². The van der Waals surface area contributed by atoms with Gasteiger partial charge in [-0.3, -0.25) is 0 Å². The molecule has 0 aromatic heterocycles. The Morgan fingerprint density at radius 2 is 2.00 bits per heavy atom. The van der Waals surface area contributed by atoms with Gasteiger partial charge in [0, 0.05) is 0 Å². The van der Waals surface area contributed by atoms with Gasteiger partial charge in [0.05, 0.1) is 20.6 Å². The second kappa shape index (κ2) is 1.33. The SMILES string of the molecule is C[SiH](C)C1(C)CO1. The molecule has 7 heavy (non-hydrogen) atoms. The van der Waals surface area contributed by atoms with E-state index in [1.165, 1.54) is 0 Å². The van der Waals surface area contributed by atoms with Gasteiger partial charge >= 0.3 is 0 Å². The molecule has 42 valence electrons. The minimum Gasteiger partial charge on any atom is -0.374 e. The third kappa shape index (κ3) is 0.863. The van der Waals surface area contributed by atoms with Crippen molar-refractivity contribution >= 4 is 8.80 Å². The summed E-state index contributed by atoms with van der Waals surface area (Å²) in [6, 6.07) is 0. The molecule has 0 radical (unpaired) electrons. The number of hydrogen-bond acceptors (Lipinski definition) is 1. The van der Waals surface area contributed by atoms with Gasteiger partial charge in [-0.05, 0) is 6.92 Å². The highest BCUT2D eigenvalue weighted by Crippen LogP contribution is 2.28. The van der Waals surface area contributed by atoms with Crippen LogP contribution in [0.4, 0.5) is 0 Å². The number of rotatable bonds is 1. The van der Waals surface area contributed by atoms with E-state index >= 15 is 0 Å². The molecule has 0 spiro atoms. The summed E-state index contributed by atoms with van der Waals surface area (Å²) in [5, 5.41) is 0.389. The first-order valence-corrected chi connectivity index (χ1v) is 5.68. The molecule has 0 amide bonds. The monoisotopic (exact) mass is 116 g/mol. The predicted octanol–water partition coefficient (Wildman–Crippen LogP) is 0.801. The van der Waals surface area contributed by atoms with E-state index in [1.54, 1.807) is 0 Å². The molecule has 1 fully saturated rings. The molecular formula is C5H12OSi. The first-order valence-electron chi connectivity index (χ1n) is 2.79. The van der Waals surface area contributed by atoms with Gasteiger partial charge < -0.3 is 4.74 Å². The predicted molar refractivity (Wildman–Crippen MR) is 33.2 cm³/mol. The van der Waals surface area contributed by atoms with Crippen molar-refractivity contribution in [3.8, 4) is 0 Å². The van der Waals surface area contributed by atoms with E-state index in [1.807, 2.05) is 0 Å². The molecule has 2 heteroatoms. The average molecular weight is 116 g/mol. The molecule has 1 nitrogen and oxygen atoms in total. The second-order valence-electron chi connectivity index (χ2n) is 2.76. The van der Waals surface area contributed by atoms with Crippen molar-refractivity contribution in [1.82, 2.24) is 0 Å². The summed E-state index contributed by atoms with van der Waals surface area (Å²) >= 11 is 0. The van der Waals surface area contributed by atoms with Crippen molar-refractivity contribution in [2.45, 2.75) is 25.2 Å². The Morgan fingerprint density at radius 1 is 1.57 bits per heavy atom. The summed E-state index contributed by atoms with van der Waals surface area (Å²) < 4.78 is 5.22. The lowest BCUT2D eigenvalue weighted by Crippen LogP contribution is -2.23. The van der Waals surface area contributed by atoms with E-state index in [0.717, 1.165) is 6.61 Å². The van der Waals surface area contributed by atoms with Crippen LogP contribution in [0.5, 0.6) is 0 Å². The lowest BCUT2D eigenvalue weighted by Gasteiger charge is -2.04. The van der Waals surface area contributed by atoms with Crippen LogP contribution in [0.15, 0.2) is 0 Å². The van der Waals surface area contributed by atoms with Crippen LogP contribution in [0.25, 0.3) is 0 Å². The maximum atomic E-state index is 5.22. The fourth-order valence-electron chi connectivity index (χ4n) is 0.447. The minimum absolute atomic E-state index is 0.389. The maximum Gasteiger partial charge on any atom is 0.0750 e. The molecule has 1 heterocycles. The van der Waals surface area contributed by atoms with E-state index in [4.69, 9.17) is 4.74 Å². The number of epoxide rings is 1. The highest BCUT2D eigenvalue weighted by molar-refractivity contribution is 6.59. The zero-order valence-corrected chi connectivity index (χ0v) is 6.35. The zero-order valence-electron chi connectivity index (χ0n) is 5.19. The van der Waals surface area contributed by atoms with Crippen molar-refractivity contribution in [2.75, 3.05) is 6.61 Å². The molecule has 0 saturated carbocycles. The Balaban J connectivity index is 2.39. The molecular weight excluding hydrogens is 104 g/mol. The highest BCUT2D eigenvalue weighted by Gasteiger charge is 2.42. The Bertz CT molecular complexity index is 76.1. The van der Waals surface area contributed by atoms with Gasteiger partial charge in [0.1, 0.15) is 0 Å². The second-order valence-corrected chi connectivity index (χ2v) is 6.29. The van der Waals surface area contributed by atoms with Crippen molar-refractivity contribution in [1.29, 1.82) is 0 Å².